The predicted octanol–water partition coefficient (Wildman–Crippen LogP) is 8.79. The molecule has 0 aliphatic heterocycles. The van der Waals surface area contributed by atoms with Gasteiger partial charge in [0.05, 0.1) is 5.56 Å². The molecule has 0 spiro atoms. The Bertz CT molecular complexity index is 2550. The lowest BCUT2D eigenvalue weighted by Crippen LogP contribution is -2.32. The molecule has 0 radical (unpaired) electrons. The third kappa shape index (κ3) is 15.0. The summed E-state index contributed by atoms with van der Waals surface area (Å²) in [6, 6.07) is 14.8. The van der Waals surface area contributed by atoms with E-state index in [0.717, 1.165) is 31.7 Å². The van der Waals surface area contributed by atoms with Crippen molar-refractivity contribution >= 4 is 35.5 Å². The first-order valence-electron chi connectivity index (χ1n) is 23.1. The minimum Gasteiger partial charge on any atom is -0.478 e. The number of aromatic carboxylic acids is 1. The van der Waals surface area contributed by atoms with Crippen LogP contribution < -0.4 is 26.6 Å². The van der Waals surface area contributed by atoms with Crippen LogP contribution in [-0.2, 0) is 4.74 Å². The highest BCUT2D eigenvalue weighted by Gasteiger charge is 2.28. The van der Waals surface area contributed by atoms with Crippen LogP contribution in [0.25, 0.3) is 22.3 Å². The Morgan fingerprint density at radius 1 is 0.574 bits per heavy atom. The van der Waals surface area contributed by atoms with Crippen molar-refractivity contribution < 1.29 is 47.4 Å². The van der Waals surface area contributed by atoms with Gasteiger partial charge in [0.25, 0.3) is 29.5 Å². The van der Waals surface area contributed by atoms with Crippen molar-refractivity contribution in [1.82, 2.24) is 26.6 Å². The molecule has 2 fully saturated rings. The zero-order chi connectivity index (χ0) is 50.1. The number of halogens is 2. The van der Waals surface area contributed by atoms with Crippen molar-refractivity contribution in [2.75, 3.05) is 32.8 Å². The van der Waals surface area contributed by atoms with Crippen LogP contribution in [0.2, 0.25) is 0 Å². The van der Waals surface area contributed by atoms with Crippen LogP contribution in [0.15, 0.2) is 60.7 Å². The molecule has 2 saturated carbocycles. The van der Waals surface area contributed by atoms with Crippen molar-refractivity contribution in [1.29, 1.82) is 0 Å². The van der Waals surface area contributed by atoms with E-state index in [4.69, 9.17) is 4.74 Å². The minimum absolute atomic E-state index is 0.105. The molecular weight excluding hydrogens is 873 g/mol. The number of carbonyl (C=O) groups excluding carboxylic acids is 5. The standard InChI is InChI=1S/C29H38FN3O4.C24H27FN2O4/c1-6-37-13-7-12-31-28(36)24-14-19(26(34)32-17-29(3,4)5)8-11-22(24)23-15-20(16-25(30)18(23)2)27(35)33-21-9-10-21;1-13-18(10-15(11-20(13)25)22(29)27-16-6-7-16)17-8-5-14(9-19(17)23(30)31)21(28)26-12-24(2,3)4/h8,11,14-16,21H,6-7,9-10,12-13,17H2,1-5H3,(H,31,36)(H,32,34)(H,33,35);5,8-11,16H,6-7,12H2,1-4H3,(H,26,28)(H,27,29)(H,30,31). The number of amides is 5. The van der Waals surface area contributed by atoms with Crippen molar-refractivity contribution in [2.24, 2.45) is 10.8 Å². The van der Waals surface area contributed by atoms with Crippen LogP contribution in [0.5, 0.6) is 0 Å². The Balaban J connectivity index is 0.000000258. The number of hydrogen-bond acceptors (Lipinski definition) is 7. The van der Waals surface area contributed by atoms with E-state index >= 15 is 0 Å². The summed E-state index contributed by atoms with van der Waals surface area (Å²) < 4.78 is 34.9. The van der Waals surface area contributed by atoms with Gasteiger partial charge < -0.3 is 36.4 Å². The summed E-state index contributed by atoms with van der Waals surface area (Å²) in [5.74, 6) is -4.18. The van der Waals surface area contributed by atoms with E-state index in [1.54, 1.807) is 25.1 Å². The first-order valence-corrected chi connectivity index (χ1v) is 23.1. The van der Waals surface area contributed by atoms with Crippen molar-refractivity contribution in [2.45, 2.75) is 107 Å². The molecule has 5 amide bonds. The number of rotatable bonds is 17. The van der Waals surface area contributed by atoms with E-state index in [9.17, 15) is 42.7 Å². The van der Waals surface area contributed by atoms with E-state index in [1.165, 1.54) is 43.3 Å². The number of nitrogens with one attached hydrogen (secondary N) is 5. The van der Waals surface area contributed by atoms with Crippen molar-refractivity contribution in [3.05, 3.63) is 117 Å². The summed E-state index contributed by atoms with van der Waals surface area (Å²) >= 11 is 0. The lowest BCUT2D eigenvalue weighted by Gasteiger charge is -2.19. The number of carbonyl (C=O) groups is 6. The van der Waals surface area contributed by atoms with Crippen LogP contribution >= 0.6 is 0 Å². The van der Waals surface area contributed by atoms with Crippen molar-refractivity contribution in [3.63, 3.8) is 0 Å². The molecule has 0 atom stereocenters. The summed E-state index contributed by atoms with van der Waals surface area (Å²) in [5, 5.41) is 24.0. The number of ether oxygens (including phenoxy) is 1. The van der Waals surface area contributed by atoms with E-state index < -0.39 is 23.5 Å². The fourth-order valence-electron chi connectivity index (χ4n) is 6.89. The third-order valence-electron chi connectivity index (χ3n) is 11.2. The average molecular weight is 938 g/mol. The normalized spacial score (nSPS) is 13.4. The lowest BCUT2D eigenvalue weighted by molar-refractivity contribution is 0.0696. The molecule has 4 aromatic rings. The van der Waals surface area contributed by atoms with Gasteiger partial charge in [-0.1, -0.05) is 53.7 Å². The molecule has 2 aliphatic rings. The monoisotopic (exact) mass is 937 g/mol. The Kier molecular flexibility index (Phi) is 17.4. The third-order valence-corrected chi connectivity index (χ3v) is 11.2. The summed E-state index contributed by atoms with van der Waals surface area (Å²) in [4.78, 5) is 75.6. The minimum atomic E-state index is -1.24. The van der Waals surface area contributed by atoms with Gasteiger partial charge in [-0.25, -0.2) is 13.6 Å². The molecule has 0 aromatic heterocycles. The Labute approximate surface area is 397 Å². The maximum Gasteiger partial charge on any atom is 0.336 e. The first-order chi connectivity index (χ1) is 32.0. The fraction of sp³-hybridized carbons (Fsp3) is 0.434. The van der Waals surface area contributed by atoms with E-state index in [-0.39, 0.29) is 85.5 Å². The average Bonchev–Trinajstić information content (AvgIpc) is 4.24. The molecule has 4 aromatic carbocycles. The highest BCUT2D eigenvalue weighted by atomic mass is 19.1. The molecular formula is C53H65F2N5O8. The maximum absolute atomic E-state index is 15.0. The van der Waals surface area contributed by atoms with Gasteiger partial charge in [-0.3, -0.25) is 24.0 Å². The molecule has 0 unspecified atom stereocenters. The number of benzene rings is 4. The molecule has 6 rings (SSSR count). The second kappa shape index (κ2) is 22.5. The van der Waals surface area contributed by atoms with Crippen molar-refractivity contribution in [3.8, 4) is 22.3 Å². The fourth-order valence-corrected chi connectivity index (χ4v) is 6.89. The summed E-state index contributed by atoms with van der Waals surface area (Å²) in [5.41, 5.74) is 2.72. The molecule has 2 aliphatic carbocycles. The van der Waals surface area contributed by atoms with Gasteiger partial charge in [0, 0.05) is 72.7 Å². The van der Waals surface area contributed by atoms with E-state index in [0.29, 0.717) is 67.1 Å². The lowest BCUT2D eigenvalue weighted by atomic mass is 9.91. The van der Waals surface area contributed by atoms with E-state index in [1.807, 2.05) is 48.5 Å². The summed E-state index contributed by atoms with van der Waals surface area (Å²) in [6.07, 6.45) is 4.26. The first kappa shape index (κ1) is 52.5. The zero-order valence-electron chi connectivity index (χ0n) is 40.6. The number of carboxylic acids is 1. The Hall–Kier alpha value is -6.48. The summed E-state index contributed by atoms with van der Waals surface area (Å²) in [6.45, 7) is 19.4. The second-order valence-electron chi connectivity index (χ2n) is 19.9. The SMILES string of the molecule is CCOCCCNC(=O)c1cc(C(=O)NCC(C)(C)C)ccc1-c1cc(C(=O)NC2CC2)cc(F)c1C.Cc1c(F)cc(C(=O)NC2CC2)cc1-c1ccc(C(=O)NCC(C)(C)C)cc1C(=O)O. The Morgan fingerprint density at radius 3 is 1.40 bits per heavy atom. The molecule has 6 N–H and O–H groups in total. The summed E-state index contributed by atoms with van der Waals surface area (Å²) in [7, 11) is 0. The largest absolute Gasteiger partial charge is 0.478 e. The molecule has 0 saturated heterocycles. The highest BCUT2D eigenvalue weighted by molar-refractivity contribution is 6.06. The predicted molar refractivity (Wildman–Crippen MR) is 258 cm³/mol. The van der Waals surface area contributed by atoms with Crippen LogP contribution in [0.1, 0.15) is 154 Å². The van der Waals surface area contributed by atoms with Gasteiger partial charge in [0.1, 0.15) is 11.6 Å². The molecule has 0 heterocycles. The van der Waals surface area contributed by atoms with Gasteiger partial charge in [0.15, 0.2) is 0 Å². The van der Waals surface area contributed by atoms with Gasteiger partial charge in [0.2, 0.25) is 0 Å². The van der Waals surface area contributed by atoms with Crippen LogP contribution in [0, 0.1) is 36.3 Å². The van der Waals surface area contributed by atoms with Gasteiger partial charge in [-0.05, 0) is 146 Å². The highest BCUT2D eigenvalue weighted by Crippen LogP contribution is 2.33. The van der Waals surface area contributed by atoms with E-state index in [2.05, 4.69) is 26.6 Å². The molecule has 15 heteroatoms. The van der Waals surface area contributed by atoms with Gasteiger partial charge >= 0.3 is 5.97 Å². The number of carboxylic acid groups (broad SMARTS) is 1. The number of hydrogen-bond donors (Lipinski definition) is 6. The van der Waals surface area contributed by atoms with Gasteiger partial charge in [-0.15, -0.1) is 0 Å². The molecule has 364 valence electrons. The second-order valence-corrected chi connectivity index (χ2v) is 19.9. The van der Waals surface area contributed by atoms with Gasteiger partial charge in [-0.2, -0.15) is 0 Å². The van der Waals surface area contributed by atoms with Crippen LogP contribution in [0.3, 0.4) is 0 Å². The zero-order valence-corrected chi connectivity index (χ0v) is 40.6. The van der Waals surface area contributed by atoms with Crippen LogP contribution in [-0.4, -0.2) is 85.5 Å². The molecule has 68 heavy (non-hydrogen) atoms. The molecule has 13 nitrogen and oxygen atoms in total. The Morgan fingerprint density at radius 2 is 1.00 bits per heavy atom. The maximum atomic E-state index is 15.0. The smallest absolute Gasteiger partial charge is 0.336 e. The quantitative estimate of drug-likeness (QED) is 0.0566. The molecule has 0 bridgehead atoms. The van der Waals surface area contributed by atoms with Crippen LogP contribution in [0.4, 0.5) is 8.78 Å². The topological polar surface area (TPSA) is 192 Å².